The van der Waals surface area contributed by atoms with Gasteiger partial charge in [-0.2, -0.15) is 0 Å². The number of hydrogen-bond acceptors (Lipinski definition) is 4. The Bertz CT molecular complexity index is 983. The van der Waals surface area contributed by atoms with Gasteiger partial charge < -0.3 is 19.8 Å². The van der Waals surface area contributed by atoms with E-state index in [0.29, 0.717) is 18.5 Å². The van der Waals surface area contributed by atoms with E-state index < -0.39 is 11.8 Å². The van der Waals surface area contributed by atoms with Crippen molar-refractivity contribution in [2.75, 3.05) is 20.3 Å². The molecule has 3 aromatic rings. The van der Waals surface area contributed by atoms with Crippen molar-refractivity contribution < 1.29 is 23.5 Å². The molecule has 0 radical (unpaired) electrons. The number of ether oxygens (including phenoxy) is 2. The molecule has 0 saturated carbocycles. The molecule has 1 aromatic heterocycles. The van der Waals surface area contributed by atoms with E-state index in [9.17, 15) is 14.0 Å². The number of H-pyrrole nitrogens is 1. The van der Waals surface area contributed by atoms with Crippen molar-refractivity contribution in [2.45, 2.75) is 12.8 Å². The molecule has 7 heteroatoms. The summed E-state index contributed by atoms with van der Waals surface area (Å²) in [4.78, 5) is 26.9. The van der Waals surface area contributed by atoms with Crippen molar-refractivity contribution >= 4 is 22.8 Å². The van der Waals surface area contributed by atoms with Crippen LogP contribution >= 0.6 is 0 Å². The summed E-state index contributed by atoms with van der Waals surface area (Å²) < 4.78 is 23.4. The molecular formula is C21H21FN2O4. The maximum absolute atomic E-state index is 13.6. The summed E-state index contributed by atoms with van der Waals surface area (Å²) in [5, 5.41) is 3.84. The molecule has 0 unspecified atom stereocenters. The zero-order chi connectivity index (χ0) is 19.9. The summed E-state index contributed by atoms with van der Waals surface area (Å²) in [5.74, 6) is -1.43. The molecule has 0 atom stereocenters. The van der Waals surface area contributed by atoms with Gasteiger partial charge in [-0.15, -0.1) is 0 Å². The third-order valence-corrected chi connectivity index (χ3v) is 4.32. The van der Waals surface area contributed by atoms with Crippen LogP contribution in [0.1, 0.15) is 11.1 Å². The predicted octanol–water partition coefficient (Wildman–Crippen LogP) is 2.76. The SMILES string of the molecule is COc1ccc(CC(=O)OCC(=O)NCCc2c[nH]c3ccccc23)cc1F. The average molecular weight is 384 g/mol. The summed E-state index contributed by atoms with van der Waals surface area (Å²) in [6.45, 7) is 0.0628. The Morgan fingerprint density at radius 3 is 2.79 bits per heavy atom. The van der Waals surface area contributed by atoms with Crippen LogP contribution in [0.25, 0.3) is 10.9 Å². The van der Waals surface area contributed by atoms with Gasteiger partial charge in [-0.1, -0.05) is 24.3 Å². The minimum Gasteiger partial charge on any atom is -0.494 e. The van der Waals surface area contributed by atoms with Gasteiger partial charge in [-0.25, -0.2) is 4.39 Å². The van der Waals surface area contributed by atoms with E-state index in [1.165, 1.54) is 19.2 Å². The van der Waals surface area contributed by atoms with Crippen molar-refractivity contribution in [1.82, 2.24) is 10.3 Å². The number of rotatable bonds is 8. The van der Waals surface area contributed by atoms with Gasteiger partial charge in [0.2, 0.25) is 0 Å². The molecule has 6 nitrogen and oxygen atoms in total. The first kappa shape index (κ1) is 19.4. The molecule has 0 spiro atoms. The number of aromatic nitrogens is 1. The molecule has 0 aliphatic rings. The molecule has 0 saturated heterocycles. The first-order chi connectivity index (χ1) is 13.6. The van der Waals surface area contributed by atoms with Crippen molar-refractivity contribution in [3.63, 3.8) is 0 Å². The fourth-order valence-corrected chi connectivity index (χ4v) is 2.91. The van der Waals surface area contributed by atoms with Crippen LogP contribution in [-0.2, 0) is 27.2 Å². The summed E-state index contributed by atoms with van der Waals surface area (Å²) >= 11 is 0. The van der Waals surface area contributed by atoms with Gasteiger partial charge in [0, 0.05) is 23.6 Å². The van der Waals surface area contributed by atoms with E-state index in [2.05, 4.69) is 10.3 Å². The number of para-hydroxylation sites is 1. The minimum absolute atomic E-state index is 0.103. The highest BCUT2D eigenvalue weighted by Crippen LogP contribution is 2.18. The van der Waals surface area contributed by atoms with Crippen LogP contribution in [0.4, 0.5) is 4.39 Å². The maximum Gasteiger partial charge on any atom is 0.310 e. The molecule has 28 heavy (non-hydrogen) atoms. The Morgan fingerprint density at radius 1 is 1.18 bits per heavy atom. The number of carbonyl (C=O) groups excluding carboxylic acids is 2. The fourth-order valence-electron chi connectivity index (χ4n) is 2.91. The largest absolute Gasteiger partial charge is 0.494 e. The number of fused-ring (bicyclic) bond motifs is 1. The van der Waals surface area contributed by atoms with Gasteiger partial charge >= 0.3 is 5.97 Å². The first-order valence-corrected chi connectivity index (χ1v) is 8.86. The molecule has 3 rings (SSSR count). The zero-order valence-electron chi connectivity index (χ0n) is 15.5. The van der Waals surface area contributed by atoms with Crippen molar-refractivity contribution in [3.05, 3.63) is 65.6 Å². The zero-order valence-corrected chi connectivity index (χ0v) is 15.5. The Kier molecular flexibility index (Phi) is 6.26. The summed E-state index contributed by atoms with van der Waals surface area (Å²) in [5.41, 5.74) is 2.60. The summed E-state index contributed by atoms with van der Waals surface area (Å²) in [6, 6.07) is 12.2. The first-order valence-electron chi connectivity index (χ1n) is 8.86. The summed E-state index contributed by atoms with van der Waals surface area (Å²) in [6.07, 6.45) is 2.46. The van der Waals surface area contributed by atoms with Crippen LogP contribution in [0.5, 0.6) is 5.75 Å². The van der Waals surface area contributed by atoms with Crippen molar-refractivity contribution in [3.8, 4) is 5.75 Å². The number of esters is 1. The molecule has 2 N–H and O–H groups in total. The molecule has 1 amide bonds. The van der Waals surface area contributed by atoms with Crippen molar-refractivity contribution in [2.24, 2.45) is 0 Å². The van der Waals surface area contributed by atoms with E-state index in [1.54, 1.807) is 6.07 Å². The standard InChI is InChI=1S/C21H21FN2O4/c1-27-19-7-6-14(10-17(19)22)11-21(26)28-13-20(25)23-9-8-15-12-24-18-5-3-2-4-16(15)18/h2-7,10,12,24H,8-9,11,13H2,1H3,(H,23,25). The third-order valence-electron chi connectivity index (χ3n) is 4.32. The van der Waals surface area contributed by atoms with E-state index in [1.807, 2.05) is 30.5 Å². The van der Waals surface area contributed by atoms with E-state index in [4.69, 9.17) is 9.47 Å². The second kappa shape index (κ2) is 9.03. The monoisotopic (exact) mass is 384 g/mol. The number of aromatic amines is 1. The normalized spacial score (nSPS) is 10.6. The van der Waals surface area contributed by atoms with E-state index in [0.717, 1.165) is 16.5 Å². The van der Waals surface area contributed by atoms with Crippen molar-refractivity contribution in [1.29, 1.82) is 0 Å². The molecule has 1 heterocycles. The summed E-state index contributed by atoms with van der Waals surface area (Å²) in [7, 11) is 1.36. The number of methoxy groups -OCH3 is 1. The number of hydrogen-bond donors (Lipinski definition) is 2. The number of nitrogens with one attached hydrogen (secondary N) is 2. The highest BCUT2D eigenvalue weighted by atomic mass is 19.1. The van der Waals surface area contributed by atoms with Crippen LogP contribution < -0.4 is 10.1 Å². The average Bonchev–Trinajstić information content (AvgIpc) is 3.10. The lowest BCUT2D eigenvalue weighted by atomic mass is 10.1. The van der Waals surface area contributed by atoms with Gasteiger partial charge in [0.05, 0.1) is 13.5 Å². The second-order valence-electron chi connectivity index (χ2n) is 6.27. The lowest BCUT2D eigenvalue weighted by Crippen LogP contribution is -2.30. The molecule has 0 aliphatic heterocycles. The third kappa shape index (κ3) is 4.88. The smallest absolute Gasteiger partial charge is 0.310 e. The van der Waals surface area contributed by atoms with Crippen LogP contribution in [-0.4, -0.2) is 37.1 Å². The fraction of sp³-hybridized carbons (Fsp3) is 0.238. The molecule has 2 aromatic carbocycles. The minimum atomic E-state index is -0.601. The maximum atomic E-state index is 13.6. The molecule has 0 fully saturated rings. The van der Waals surface area contributed by atoms with Gasteiger partial charge in [0.25, 0.3) is 5.91 Å². The highest BCUT2D eigenvalue weighted by Gasteiger charge is 2.11. The van der Waals surface area contributed by atoms with Gasteiger partial charge in [0.1, 0.15) is 0 Å². The van der Waals surface area contributed by atoms with Gasteiger partial charge in [-0.05, 0) is 35.7 Å². The number of halogens is 1. The quantitative estimate of drug-likeness (QED) is 0.585. The Hall–Kier alpha value is -3.35. The molecule has 0 bridgehead atoms. The molecular weight excluding hydrogens is 363 g/mol. The Labute approximate surface area is 161 Å². The number of amides is 1. The molecule has 146 valence electrons. The lowest BCUT2D eigenvalue weighted by Gasteiger charge is -2.07. The second-order valence-corrected chi connectivity index (χ2v) is 6.27. The van der Waals surface area contributed by atoms with Gasteiger partial charge in [0.15, 0.2) is 18.2 Å². The Balaban J connectivity index is 1.40. The highest BCUT2D eigenvalue weighted by molar-refractivity contribution is 5.83. The lowest BCUT2D eigenvalue weighted by molar-refractivity contribution is -0.147. The molecule has 0 aliphatic carbocycles. The van der Waals surface area contributed by atoms with E-state index in [-0.39, 0.29) is 24.7 Å². The van der Waals surface area contributed by atoms with E-state index >= 15 is 0 Å². The number of carbonyl (C=O) groups is 2. The van der Waals surface area contributed by atoms with Crippen LogP contribution in [0.2, 0.25) is 0 Å². The van der Waals surface area contributed by atoms with Crippen LogP contribution in [0.15, 0.2) is 48.7 Å². The predicted molar refractivity (Wildman–Crippen MR) is 103 cm³/mol. The Morgan fingerprint density at radius 2 is 2.00 bits per heavy atom. The van der Waals surface area contributed by atoms with Gasteiger partial charge in [-0.3, -0.25) is 9.59 Å². The van der Waals surface area contributed by atoms with Crippen LogP contribution in [0.3, 0.4) is 0 Å². The number of benzene rings is 2. The van der Waals surface area contributed by atoms with Crippen LogP contribution in [0, 0.1) is 5.82 Å². The topological polar surface area (TPSA) is 80.4 Å².